The molecule has 1 unspecified atom stereocenters. The zero-order valence-electron chi connectivity index (χ0n) is 28.0. The molecule has 3 aliphatic rings. The van der Waals surface area contributed by atoms with Crippen LogP contribution in [-0.2, 0) is 0 Å². The van der Waals surface area contributed by atoms with Crippen molar-refractivity contribution in [2.24, 2.45) is 0 Å². The second kappa shape index (κ2) is 12.6. The lowest BCUT2D eigenvalue weighted by Crippen LogP contribution is -2.01. The van der Waals surface area contributed by atoms with Crippen LogP contribution in [0, 0.1) is 0 Å². The molecule has 1 aliphatic heterocycles. The van der Waals surface area contributed by atoms with Gasteiger partial charge in [-0.1, -0.05) is 115 Å². The third-order valence-corrected chi connectivity index (χ3v) is 11.7. The summed E-state index contributed by atoms with van der Waals surface area (Å²) >= 11 is 2.01. The molecule has 4 aromatic carbocycles. The van der Waals surface area contributed by atoms with E-state index in [2.05, 4.69) is 103 Å². The highest BCUT2D eigenvalue weighted by Crippen LogP contribution is 2.50. The summed E-state index contributed by atoms with van der Waals surface area (Å²) in [6.07, 6.45) is 14.3. The van der Waals surface area contributed by atoms with E-state index < -0.39 is 0 Å². The van der Waals surface area contributed by atoms with E-state index in [9.17, 15) is 0 Å². The van der Waals surface area contributed by atoms with Crippen molar-refractivity contribution >= 4 is 44.8 Å². The van der Waals surface area contributed by atoms with Gasteiger partial charge in [0, 0.05) is 37.6 Å². The molecule has 0 N–H and O–H groups in total. The Morgan fingerprint density at radius 2 is 1.24 bits per heavy atom. The minimum atomic E-state index is 0.480. The lowest BCUT2D eigenvalue weighted by Gasteiger charge is -2.16. The molecule has 4 heterocycles. The van der Waals surface area contributed by atoms with Crippen LogP contribution in [0.3, 0.4) is 0 Å². The third-order valence-electron chi connectivity index (χ3n) is 10.3. The first-order valence-electron chi connectivity index (χ1n) is 17.7. The fraction of sp³-hybridized carbons (Fsp3) is 0.130. The molecule has 0 spiro atoms. The Morgan fingerprint density at radius 1 is 0.588 bits per heavy atom. The average molecular weight is 679 g/mol. The van der Waals surface area contributed by atoms with E-state index in [1.807, 2.05) is 48.2 Å². The first-order chi connectivity index (χ1) is 25.2. The van der Waals surface area contributed by atoms with Gasteiger partial charge < -0.3 is 8.83 Å². The van der Waals surface area contributed by atoms with Crippen LogP contribution in [0.1, 0.15) is 54.4 Å². The molecular formula is C46H34N2O2S. The Morgan fingerprint density at radius 3 is 1.96 bits per heavy atom. The van der Waals surface area contributed by atoms with Gasteiger partial charge in [0.05, 0.1) is 11.4 Å². The van der Waals surface area contributed by atoms with Gasteiger partial charge in [-0.05, 0) is 79.1 Å². The quantitative estimate of drug-likeness (QED) is 0.175. The summed E-state index contributed by atoms with van der Waals surface area (Å²) in [4.78, 5) is 11.8. The Hall–Kier alpha value is -5.65. The third kappa shape index (κ3) is 5.78. The van der Waals surface area contributed by atoms with Crippen LogP contribution in [0.25, 0.3) is 67.1 Å². The van der Waals surface area contributed by atoms with Crippen molar-refractivity contribution in [1.29, 1.82) is 0 Å². The summed E-state index contributed by atoms with van der Waals surface area (Å²) in [5.74, 6) is 2.50. The van der Waals surface area contributed by atoms with Crippen molar-refractivity contribution in [1.82, 2.24) is 9.97 Å². The minimum absolute atomic E-state index is 0.480. The number of benzene rings is 4. The molecule has 5 heteroatoms. The smallest absolute Gasteiger partial charge is 0.160 e. The first-order valence-corrected chi connectivity index (χ1v) is 18.6. The van der Waals surface area contributed by atoms with E-state index in [0.717, 1.165) is 80.8 Å². The summed E-state index contributed by atoms with van der Waals surface area (Å²) in [7, 11) is 0. The topological polar surface area (TPSA) is 52.1 Å². The molecule has 0 saturated heterocycles. The van der Waals surface area contributed by atoms with Gasteiger partial charge in [0.2, 0.25) is 0 Å². The number of aromatic nitrogens is 2. The fourth-order valence-electron chi connectivity index (χ4n) is 7.48. The van der Waals surface area contributed by atoms with Crippen LogP contribution in [0.15, 0.2) is 159 Å². The monoisotopic (exact) mass is 678 g/mol. The Bertz CT molecular complexity index is 2510. The van der Waals surface area contributed by atoms with Gasteiger partial charge in [0.15, 0.2) is 5.82 Å². The summed E-state index contributed by atoms with van der Waals surface area (Å²) in [6.45, 7) is 0. The van der Waals surface area contributed by atoms with E-state index >= 15 is 0 Å². The second-order valence-corrected chi connectivity index (χ2v) is 14.8. The number of allylic oxidation sites excluding steroid dienone is 7. The number of para-hydroxylation sites is 2. The number of hydrogen-bond acceptors (Lipinski definition) is 5. The molecule has 246 valence electrons. The molecule has 0 radical (unpaired) electrons. The minimum Gasteiger partial charge on any atom is -0.456 e. The van der Waals surface area contributed by atoms with Crippen molar-refractivity contribution in [3.8, 4) is 34.0 Å². The molecule has 0 saturated carbocycles. The first kappa shape index (κ1) is 30.2. The number of fused-ring (bicyclic) bond motifs is 2. The fourth-order valence-corrected chi connectivity index (χ4v) is 8.89. The van der Waals surface area contributed by atoms with Crippen molar-refractivity contribution in [3.05, 3.63) is 167 Å². The van der Waals surface area contributed by atoms with Crippen molar-refractivity contribution in [2.75, 3.05) is 0 Å². The molecular weight excluding hydrogens is 645 g/mol. The van der Waals surface area contributed by atoms with Gasteiger partial charge in [0.1, 0.15) is 22.7 Å². The molecule has 0 bridgehead atoms. The Balaban J connectivity index is 0.993. The van der Waals surface area contributed by atoms with Gasteiger partial charge in [-0.25, -0.2) is 9.97 Å². The van der Waals surface area contributed by atoms with Crippen LogP contribution >= 0.6 is 11.8 Å². The molecule has 0 fully saturated rings. The lowest BCUT2D eigenvalue weighted by molar-refractivity contribution is 0.596. The standard InChI is InChI=1S/C46H34N2O2S/c1-4-10-40-35(7-1)25-42(49-40)31-17-13-29(14-18-31)38-28-39(30-15-21-33(22-16-30)45-27-37-9-3-6-12-44(37)51-45)48-46(47-38)34-23-19-32(20-24-34)43-26-36-8-2-5-11-41(36)50-43/h1-2,4-8,10-13,15-17,19-26,28,45H,3,9,14,18,27H2. The normalized spacial score (nSPS) is 17.2. The summed E-state index contributed by atoms with van der Waals surface area (Å²) in [5.41, 5.74) is 12.2. The van der Waals surface area contributed by atoms with Crippen molar-refractivity contribution < 1.29 is 8.83 Å². The zero-order valence-corrected chi connectivity index (χ0v) is 28.8. The van der Waals surface area contributed by atoms with Crippen molar-refractivity contribution in [3.63, 3.8) is 0 Å². The van der Waals surface area contributed by atoms with Gasteiger partial charge in [-0.3, -0.25) is 0 Å². The SMILES string of the molecule is C1=CC2=C(CC1)CC(c1ccc(-c3cc(C4=CC=C(c5cc6ccccc6o5)CC4)nc(-c4ccc(-c5cc6ccccc6o5)cc4)n3)cc1)S2. The number of thioether (sulfide) groups is 1. The second-order valence-electron chi connectivity index (χ2n) is 13.6. The number of furan rings is 2. The molecule has 2 aliphatic carbocycles. The molecule has 0 amide bonds. The van der Waals surface area contributed by atoms with E-state index in [1.165, 1.54) is 34.5 Å². The molecule has 10 rings (SSSR count). The predicted molar refractivity (Wildman–Crippen MR) is 210 cm³/mol. The number of rotatable bonds is 6. The molecule has 51 heavy (non-hydrogen) atoms. The maximum atomic E-state index is 6.20. The number of nitrogens with zero attached hydrogens (tertiary/aromatic N) is 2. The van der Waals surface area contributed by atoms with Crippen LogP contribution in [0.2, 0.25) is 0 Å². The Labute approximate surface area is 301 Å². The average Bonchev–Trinajstić information content (AvgIpc) is 3.95. The van der Waals surface area contributed by atoms with Gasteiger partial charge >= 0.3 is 0 Å². The van der Waals surface area contributed by atoms with Crippen LogP contribution in [-0.4, -0.2) is 9.97 Å². The van der Waals surface area contributed by atoms with Crippen LogP contribution < -0.4 is 0 Å². The highest BCUT2D eigenvalue weighted by Gasteiger charge is 2.26. The lowest BCUT2D eigenvalue weighted by atomic mass is 9.93. The van der Waals surface area contributed by atoms with Gasteiger partial charge in [0.25, 0.3) is 0 Å². The summed E-state index contributed by atoms with van der Waals surface area (Å²) < 4.78 is 12.3. The summed E-state index contributed by atoms with van der Waals surface area (Å²) in [6, 6.07) is 40.2. The van der Waals surface area contributed by atoms with E-state index in [4.69, 9.17) is 18.8 Å². The van der Waals surface area contributed by atoms with E-state index in [1.54, 1.807) is 5.57 Å². The van der Waals surface area contributed by atoms with E-state index in [0.29, 0.717) is 11.1 Å². The maximum absolute atomic E-state index is 6.20. The summed E-state index contributed by atoms with van der Waals surface area (Å²) in [5, 5.41) is 2.71. The molecule has 7 aromatic rings. The van der Waals surface area contributed by atoms with E-state index in [-0.39, 0.29) is 0 Å². The molecule has 3 aromatic heterocycles. The number of hydrogen-bond donors (Lipinski definition) is 0. The highest BCUT2D eigenvalue weighted by molar-refractivity contribution is 8.03. The van der Waals surface area contributed by atoms with Gasteiger partial charge in [-0.15, -0.1) is 11.8 Å². The highest BCUT2D eigenvalue weighted by atomic mass is 32.2. The molecule has 1 atom stereocenters. The van der Waals surface area contributed by atoms with Gasteiger partial charge in [-0.2, -0.15) is 0 Å². The van der Waals surface area contributed by atoms with Crippen LogP contribution in [0.5, 0.6) is 0 Å². The predicted octanol–water partition coefficient (Wildman–Crippen LogP) is 13.0. The Kier molecular flexibility index (Phi) is 7.46. The largest absolute Gasteiger partial charge is 0.456 e. The zero-order chi connectivity index (χ0) is 33.7. The van der Waals surface area contributed by atoms with Crippen molar-refractivity contribution in [2.45, 2.75) is 37.4 Å². The molecule has 4 nitrogen and oxygen atoms in total. The maximum Gasteiger partial charge on any atom is 0.160 e. The van der Waals surface area contributed by atoms with Crippen LogP contribution in [0.4, 0.5) is 0 Å².